The van der Waals surface area contributed by atoms with Crippen molar-refractivity contribution in [3.63, 3.8) is 0 Å². The highest BCUT2D eigenvalue weighted by molar-refractivity contribution is 9.12. The molecule has 1 nitrogen and oxygen atoms in total. The number of carbonyl (C=O) groups is 1. The molecule has 1 aromatic carbocycles. The molecule has 0 aliphatic heterocycles. The van der Waals surface area contributed by atoms with Crippen molar-refractivity contribution in [2.24, 2.45) is 0 Å². The van der Waals surface area contributed by atoms with Gasteiger partial charge in [-0.15, -0.1) is 0 Å². The van der Waals surface area contributed by atoms with E-state index in [0.717, 1.165) is 5.56 Å². The first-order valence-electron chi connectivity index (χ1n) is 4.06. The van der Waals surface area contributed by atoms with Crippen LogP contribution in [-0.4, -0.2) is 15.9 Å². The van der Waals surface area contributed by atoms with Crippen LogP contribution in [0.5, 0.6) is 0 Å². The summed E-state index contributed by atoms with van der Waals surface area (Å²) in [4.78, 5) is 11.6. The van der Waals surface area contributed by atoms with Crippen LogP contribution in [0.1, 0.15) is 15.9 Å². The number of benzene rings is 1. The van der Waals surface area contributed by atoms with Crippen molar-refractivity contribution in [3.8, 4) is 0 Å². The van der Waals surface area contributed by atoms with Gasteiger partial charge in [-0.1, -0.05) is 55.1 Å². The molecule has 14 heavy (non-hydrogen) atoms. The van der Waals surface area contributed by atoms with E-state index in [0.29, 0.717) is 15.9 Å². The third-order valence-electron chi connectivity index (χ3n) is 1.81. The zero-order valence-corrected chi connectivity index (χ0v) is 11.5. The van der Waals surface area contributed by atoms with Crippen LogP contribution in [0.15, 0.2) is 18.2 Å². The number of hydrogen-bond acceptors (Lipinski definition) is 1. The first kappa shape index (κ1) is 12.2. The summed E-state index contributed by atoms with van der Waals surface area (Å²) in [7, 11) is 0. The molecular weight excluding hydrogens is 331 g/mol. The summed E-state index contributed by atoms with van der Waals surface area (Å²) < 4.78 is 0. The number of rotatable bonds is 3. The van der Waals surface area contributed by atoms with Gasteiger partial charge in [0.2, 0.25) is 0 Å². The van der Waals surface area contributed by atoms with Gasteiger partial charge >= 0.3 is 0 Å². The minimum atomic E-state index is -0.221. The molecule has 1 aromatic rings. The van der Waals surface area contributed by atoms with Crippen molar-refractivity contribution >= 4 is 49.2 Å². The lowest BCUT2D eigenvalue weighted by atomic mass is 10.1. The Hall–Kier alpha value is 0.140. The highest BCUT2D eigenvalue weighted by Gasteiger charge is 2.18. The highest BCUT2D eigenvalue weighted by Crippen LogP contribution is 2.21. The molecule has 0 aromatic heterocycles. The van der Waals surface area contributed by atoms with Crippen LogP contribution in [0, 0.1) is 6.92 Å². The van der Waals surface area contributed by atoms with Gasteiger partial charge in [0.1, 0.15) is 0 Å². The Labute approximate surface area is 105 Å². The molecule has 1 unspecified atom stereocenters. The Kier molecular flexibility index (Phi) is 4.61. The Morgan fingerprint density at radius 3 is 2.79 bits per heavy atom. The minimum absolute atomic E-state index is 0.00979. The maximum Gasteiger partial charge on any atom is 0.178 e. The van der Waals surface area contributed by atoms with Gasteiger partial charge in [0.05, 0.1) is 9.85 Å². The van der Waals surface area contributed by atoms with E-state index in [1.165, 1.54) is 0 Å². The van der Waals surface area contributed by atoms with E-state index in [2.05, 4.69) is 31.9 Å². The Morgan fingerprint density at radius 2 is 2.21 bits per heavy atom. The lowest BCUT2D eigenvalue weighted by Crippen LogP contribution is -2.15. The second-order valence-corrected chi connectivity index (χ2v) is 5.13. The average molecular weight is 340 g/mol. The normalized spacial score (nSPS) is 12.6. The molecule has 0 bridgehead atoms. The maximum absolute atomic E-state index is 11.8. The molecule has 0 spiro atoms. The minimum Gasteiger partial charge on any atom is -0.293 e. The molecule has 0 saturated heterocycles. The van der Waals surface area contributed by atoms with Crippen LogP contribution in [0.4, 0.5) is 0 Å². The predicted molar refractivity (Wildman–Crippen MR) is 67.0 cm³/mol. The molecular formula is C10H9Br2ClO. The number of hydrogen-bond donors (Lipinski definition) is 0. The molecule has 0 fully saturated rings. The van der Waals surface area contributed by atoms with Crippen LogP contribution in [0.2, 0.25) is 5.02 Å². The summed E-state index contributed by atoms with van der Waals surface area (Å²) >= 11 is 12.5. The van der Waals surface area contributed by atoms with E-state index in [9.17, 15) is 4.79 Å². The molecule has 0 radical (unpaired) electrons. The van der Waals surface area contributed by atoms with E-state index in [-0.39, 0.29) is 10.6 Å². The molecule has 0 saturated carbocycles. The van der Waals surface area contributed by atoms with Crippen molar-refractivity contribution in [2.45, 2.75) is 11.8 Å². The van der Waals surface area contributed by atoms with E-state index in [1.54, 1.807) is 6.07 Å². The lowest BCUT2D eigenvalue weighted by molar-refractivity contribution is 0.0997. The fraction of sp³-hybridized carbons (Fsp3) is 0.300. The molecule has 76 valence electrons. The third-order valence-corrected chi connectivity index (χ3v) is 4.39. The lowest BCUT2D eigenvalue weighted by Gasteiger charge is -2.07. The molecule has 1 atom stereocenters. The summed E-state index contributed by atoms with van der Waals surface area (Å²) in [6.07, 6.45) is 0. The molecule has 0 N–H and O–H groups in total. The summed E-state index contributed by atoms with van der Waals surface area (Å²) in [5, 5.41) is 1.09. The molecule has 0 aliphatic rings. The van der Waals surface area contributed by atoms with Crippen molar-refractivity contribution in [1.82, 2.24) is 0 Å². The number of halogens is 3. The van der Waals surface area contributed by atoms with Crippen molar-refractivity contribution in [2.75, 3.05) is 5.33 Å². The summed E-state index contributed by atoms with van der Waals surface area (Å²) in [6.45, 7) is 1.94. The Bertz CT molecular complexity index is 352. The SMILES string of the molecule is Cc1ccc(Cl)c(C(=O)C(Br)CBr)c1. The van der Waals surface area contributed by atoms with Gasteiger partial charge < -0.3 is 0 Å². The smallest absolute Gasteiger partial charge is 0.178 e. The summed E-state index contributed by atoms with van der Waals surface area (Å²) in [6, 6.07) is 5.44. The summed E-state index contributed by atoms with van der Waals surface area (Å²) in [5.74, 6) is 0.00979. The van der Waals surface area contributed by atoms with Crippen LogP contribution in [0.25, 0.3) is 0 Å². The van der Waals surface area contributed by atoms with Crippen LogP contribution >= 0.6 is 43.5 Å². The first-order valence-corrected chi connectivity index (χ1v) is 6.48. The van der Waals surface area contributed by atoms with Gasteiger partial charge in [0.25, 0.3) is 0 Å². The van der Waals surface area contributed by atoms with Gasteiger partial charge in [0.15, 0.2) is 5.78 Å². The molecule has 0 amide bonds. The monoisotopic (exact) mass is 338 g/mol. The van der Waals surface area contributed by atoms with E-state index in [4.69, 9.17) is 11.6 Å². The third kappa shape index (κ3) is 2.81. The molecule has 1 rings (SSSR count). The number of alkyl halides is 2. The van der Waals surface area contributed by atoms with Crippen molar-refractivity contribution in [3.05, 3.63) is 34.3 Å². The van der Waals surface area contributed by atoms with E-state index >= 15 is 0 Å². The second-order valence-electron chi connectivity index (χ2n) is 2.97. The van der Waals surface area contributed by atoms with Crippen molar-refractivity contribution in [1.29, 1.82) is 0 Å². The molecule has 4 heteroatoms. The fourth-order valence-electron chi connectivity index (χ4n) is 1.07. The molecule has 0 heterocycles. The number of Topliss-reactive ketones (excluding diaryl/α,β-unsaturated/α-hetero) is 1. The van der Waals surface area contributed by atoms with Gasteiger partial charge in [-0.2, -0.15) is 0 Å². The summed E-state index contributed by atoms with van der Waals surface area (Å²) in [5.41, 5.74) is 1.61. The number of carbonyl (C=O) groups excluding carboxylic acids is 1. The van der Waals surface area contributed by atoms with Gasteiger partial charge in [-0.05, 0) is 19.1 Å². The quantitative estimate of drug-likeness (QED) is 0.601. The number of aryl methyl sites for hydroxylation is 1. The Morgan fingerprint density at radius 1 is 1.57 bits per heavy atom. The van der Waals surface area contributed by atoms with E-state index in [1.807, 2.05) is 19.1 Å². The fourth-order valence-corrected chi connectivity index (χ4v) is 1.82. The average Bonchev–Trinajstić information content (AvgIpc) is 2.19. The van der Waals surface area contributed by atoms with Crippen LogP contribution in [0.3, 0.4) is 0 Å². The highest BCUT2D eigenvalue weighted by atomic mass is 79.9. The predicted octanol–water partition coefficient (Wildman–Crippen LogP) is 3.99. The Balaban J connectivity index is 3.06. The van der Waals surface area contributed by atoms with Gasteiger partial charge in [-0.3, -0.25) is 4.79 Å². The number of ketones is 1. The van der Waals surface area contributed by atoms with Crippen LogP contribution < -0.4 is 0 Å². The van der Waals surface area contributed by atoms with Gasteiger partial charge in [0, 0.05) is 10.9 Å². The van der Waals surface area contributed by atoms with E-state index < -0.39 is 0 Å². The maximum atomic E-state index is 11.8. The van der Waals surface area contributed by atoms with Gasteiger partial charge in [-0.25, -0.2) is 0 Å². The largest absolute Gasteiger partial charge is 0.293 e. The first-order chi connectivity index (χ1) is 6.56. The topological polar surface area (TPSA) is 17.1 Å². The molecule has 0 aliphatic carbocycles. The standard InChI is InChI=1S/C10H9Br2ClO/c1-6-2-3-9(13)7(4-6)10(14)8(12)5-11/h2-4,8H,5H2,1H3. The second kappa shape index (κ2) is 5.29. The van der Waals surface area contributed by atoms with Crippen LogP contribution in [-0.2, 0) is 0 Å². The van der Waals surface area contributed by atoms with Crippen molar-refractivity contribution < 1.29 is 4.79 Å². The zero-order valence-electron chi connectivity index (χ0n) is 7.56. The zero-order chi connectivity index (χ0) is 10.7.